The van der Waals surface area contributed by atoms with Crippen LogP contribution in [0.1, 0.15) is 0 Å². The highest BCUT2D eigenvalue weighted by molar-refractivity contribution is 5.79. The standard InChI is InChI=1S/C5H3NO2/c6-4-2-1-3-5(7)8/h2-3H,(H,7,8). The molecule has 0 fully saturated rings. The minimum Gasteiger partial charge on any atom is -0.478 e. The molecule has 1 N–H and O–H groups in total. The van der Waals surface area contributed by atoms with Crippen LogP contribution in [0.5, 0.6) is 0 Å². The van der Waals surface area contributed by atoms with Gasteiger partial charge in [-0.05, 0) is 0 Å². The van der Waals surface area contributed by atoms with Gasteiger partial charge in [0.1, 0.15) is 0 Å². The van der Waals surface area contributed by atoms with Crippen molar-refractivity contribution in [3.8, 4) is 6.07 Å². The molecular formula is C5H3NO2. The normalized spacial score (nSPS) is 5.88. The van der Waals surface area contributed by atoms with Gasteiger partial charge in [-0.25, -0.2) is 4.79 Å². The van der Waals surface area contributed by atoms with Gasteiger partial charge < -0.3 is 5.11 Å². The van der Waals surface area contributed by atoms with E-state index in [0.717, 1.165) is 12.2 Å². The van der Waals surface area contributed by atoms with Gasteiger partial charge >= 0.3 is 5.97 Å². The van der Waals surface area contributed by atoms with Crippen molar-refractivity contribution in [3.05, 3.63) is 17.9 Å². The van der Waals surface area contributed by atoms with Gasteiger partial charge in [-0.1, -0.05) is 0 Å². The van der Waals surface area contributed by atoms with Crippen LogP contribution in [0.2, 0.25) is 0 Å². The molecule has 0 aliphatic rings. The number of carboxylic acid groups (broad SMARTS) is 1. The minimum atomic E-state index is -1.10. The van der Waals surface area contributed by atoms with Gasteiger partial charge in [-0.3, -0.25) is 0 Å². The monoisotopic (exact) mass is 109 g/mol. The Hall–Kier alpha value is -1.52. The van der Waals surface area contributed by atoms with Gasteiger partial charge in [0, 0.05) is 0 Å². The number of carbonyl (C=O) groups is 1. The lowest BCUT2D eigenvalue weighted by Crippen LogP contribution is -1.83. The predicted molar refractivity (Wildman–Crippen MR) is 25.9 cm³/mol. The maximum absolute atomic E-state index is 9.63. The molecule has 0 aliphatic carbocycles. The molecule has 3 nitrogen and oxygen atoms in total. The molecule has 3 heteroatoms. The number of nitriles is 1. The molecule has 0 amide bonds. The molecule has 0 aliphatic heterocycles. The maximum Gasteiger partial charge on any atom is 0.336 e. The van der Waals surface area contributed by atoms with Crippen LogP contribution < -0.4 is 0 Å². The smallest absolute Gasteiger partial charge is 0.336 e. The third kappa shape index (κ3) is 4.48. The van der Waals surface area contributed by atoms with Crippen LogP contribution in [0.3, 0.4) is 0 Å². The molecule has 8 heavy (non-hydrogen) atoms. The van der Waals surface area contributed by atoms with Gasteiger partial charge in [0.15, 0.2) is 0 Å². The van der Waals surface area contributed by atoms with Crippen molar-refractivity contribution in [1.82, 2.24) is 0 Å². The van der Waals surface area contributed by atoms with E-state index in [4.69, 9.17) is 10.4 Å². The largest absolute Gasteiger partial charge is 0.478 e. The minimum absolute atomic E-state index is 0.767. The topological polar surface area (TPSA) is 61.1 Å². The van der Waals surface area contributed by atoms with Crippen molar-refractivity contribution >= 4 is 5.97 Å². The van der Waals surface area contributed by atoms with Crippen molar-refractivity contribution < 1.29 is 9.90 Å². The van der Waals surface area contributed by atoms with Crippen LogP contribution in [0.25, 0.3) is 0 Å². The Bertz CT molecular complexity index is 181. The Morgan fingerprint density at radius 3 is 2.75 bits per heavy atom. The number of aliphatic carboxylic acids is 1. The lowest BCUT2D eigenvalue weighted by atomic mass is 10.5. The number of carboxylic acids is 1. The maximum atomic E-state index is 9.63. The first-order valence-electron chi connectivity index (χ1n) is 1.81. The molecule has 0 bridgehead atoms. The van der Waals surface area contributed by atoms with E-state index in [1.807, 2.05) is 0 Å². The summed E-state index contributed by atoms with van der Waals surface area (Å²) in [5.74, 6) is -1.10. The van der Waals surface area contributed by atoms with Gasteiger partial charge in [0.25, 0.3) is 0 Å². The molecule has 0 aromatic rings. The average molecular weight is 109 g/mol. The van der Waals surface area contributed by atoms with Gasteiger partial charge in [0.2, 0.25) is 0 Å². The summed E-state index contributed by atoms with van der Waals surface area (Å²) in [6.07, 6.45) is 1.73. The fraction of sp³-hybridized carbons (Fsp3) is 0. The van der Waals surface area contributed by atoms with E-state index in [0.29, 0.717) is 0 Å². The highest BCUT2D eigenvalue weighted by Gasteiger charge is 1.77. The molecule has 0 rings (SSSR count). The van der Waals surface area contributed by atoms with E-state index in [9.17, 15) is 4.79 Å². The Morgan fingerprint density at radius 1 is 1.75 bits per heavy atom. The predicted octanol–water partition coefficient (Wildman–Crippen LogP) is 0.306. The lowest BCUT2D eigenvalue weighted by Gasteiger charge is -1.66. The van der Waals surface area contributed by atoms with Crippen molar-refractivity contribution in [1.29, 1.82) is 5.26 Å². The third-order valence-corrected chi connectivity index (χ3v) is 0.355. The van der Waals surface area contributed by atoms with E-state index in [2.05, 4.69) is 5.73 Å². The quantitative estimate of drug-likeness (QED) is 0.299. The van der Waals surface area contributed by atoms with E-state index < -0.39 is 5.97 Å². The summed E-state index contributed by atoms with van der Waals surface area (Å²) in [5, 5.41) is 15.7. The molecule has 0 radical (unpaired) electrons. The molecule has 0 unspecified atom stereocenters. The Balaban J connectivity index is 3.88. The van der Waals surface area contributed by atoms with Gasteiger partial charge in [-0.2, -0.15) is 5.26 Å². The van der Waals surface area contributed by atoms with Crippen LogP contribution in [-0.4, -0.2) is 11.1 Å². The Morgan fingerprint density at radius 2 is 2.38 bits per heavy atom. The van der Waals surface area contributed by atoms with Crippen LogP contribution in [-0.2, 0) is 4.79 Å². The summed E-state index contributed by atoms with van der Waals surface area (Å²) in [6, 6.07) is 1.59. The number of nitrogens with zero attached hydrogens (tertiary/aromatic N) is 1. The molecular weight excluding hydrogens is 106 g/mol. The SMILES string of the molecule is N#CC=C=CC(=O)O. The van der Waals surface area contributed by atoms with Crippen molar-refractivity contribution in [2.24, 2.45) is 0 Å². The van der Waals surface area contributed by atoms with E-state index >= 15 is 0 Å². The molecule has 0 atom stereocenters. The highest BCUT2D eigenvalue weighted by atomic mass is 16.4. The number of hydrogen-bond acceptors (Lipinski definition) is 2. The summed E-state index contributed by atoms with van der Waals surface area (Å²) < 4.78 is 0. The van der Waals surface area contributed by atoms with E-state index in [1.54, 1.807) is 6.07 Å². The average Bonchev–Trinajstić information content (AvgIpc) is 1.66. The first-order valence-corrected chi connectivity index (χ1v) is 1.81. The Kier molecular flexibility index (Phi) is 2.97. The van der Waals surface area contributed by atoms with Crippen LogP contribution in [0, 0.1) is 11.3 Å². The van der Waals surface area contributed by atoms with E-state index in [-0.39, 0.29) is 0 Å². The first kappa shape index (κ1) is 6.48. The second-order valence-electron chi connectivity index (χ2n) is 0.923. The molecule has 0 aromatic carbocycles. The highest BCUT2D eigenvalue weighted by Crippen LogP contribution is 1.64. The second kappa shape index (κ2) is 3.66. The molecule has 0 heterocycles. The van der Waals surface area contributed by atoms with Gasteiger partial charge in [-0.15, -0.1) is 5.73 Å². The number of rotatable bonds is 1. The molecule has 0 saturated carbocycles. The summed E-state index contributed by atoms with van der Waals surface area (Å²) in [6.45, 7) is 0. The molecule has 40 valence electrons. The van der Waals surface area contributed by atoms with Crippen LogP contribution in [0.15, 0.2) is 17.9 Å². The fourth-order valence-electron chi connectivity index (χ4n) is 0.150. The zero-order chi connectivity index (χ0) is 6.41. The fourth-order valence-corrected chi connectivity index (χ4v) is 0.150. The van der Waals surface area contributed by atoms with Gasteiger partial charge in [0.05, 0.1) is 18.2 Å². The Labute approximate surface area is 46.2 Å². The second-order valence-corrected chi connectivity index (χ2v) is 0.923. The summed E-state index contributed by atoms with van der Waals surface area (Å²) in [4.78, 5) is 9.63. The van der Waals surface area contributed by atoms with E-state index in [1.165, 1.54) is 0 Å². The number of hydrogen-bond donors (Lipinski definition) is 1. The lowest BCUT2D eigenvalue weighted by molar-refractivity contribution is -0.131. The zero-order valence-electron chi connectivity index (χ0n) is 3.96. The van der Waals surface area contributed by atoms with Crippen molar-refractivity contribution in [2.75, 3.05) is 0 Å². The molecule has 0 saturated heterocycles. The molecule has 0 spiro atoms. The van der Waals surface area contributed by atoms with Crippen LogP contribution >= 0.6 is 0 Å². The van der Waals surface area contributed by atoms with Crippen LogP contribution in [0.4, 0.5) is 0 Å². The molecule has 0 aromatic heterocycles. The third-order valence-electron chi connectivity index (χ3n) is 0.355. The van der Waals surface area contributed by atoms with Crippen molar-refractivity contribution in [3.63, 3.8) is 0 Å². The first-order chi connectivity index (χ1) is 3.77. The zero-order valence-corrected chi connectivity index (χ0v) is 3.96. The summed E-state index contributed by atoms with van der Waals surface area (Å²) in [7, 11) is 0. The summed E-state index contributed by atoms with van der Waals surface area (Å²) in [5.41, 5.74) is 2.12. The summed E-state index contributed by atoms with van der Waals surface area (Å²) >= 11 is 0. The van der Waals surface area contributed by atoms with Crippen molar-refractivity contribution in [2.45, 2.75) is 0 Å².